The van der Waals surface area contributed by atoms with Crippen LogP contribution in [0.1, 0.15) is 63.0 Å². The lowest BCUT2D eigenvalue weighted by Crippen LogP contribution is -2.57. The van der Waals surface area contributed by atoms with Crippen LogP contribution in [-0.2, 0) is 9.59 Å². The van der Waals surface area contributed by atoms with Crippen LogP contribution in [0, 0.1) is 29.0 Å². The number of amides is 2. The Bertz CT molecular complexity index is 1040. The molecular formula is C27H34FN5O2. The molecule has 2 bridgehead atoms. The highest BCUT2D eigenvalue weighted by Gasteiger charge is 2.56. The van der Waals surface area contributed by atoms with E-state index in [0.717, 1.165) is 37.7 Å². The first-order chi connectivity index (χ1) is 17.0. The van der Waals surface area contributed by atoms with Gasteiger partial charge in [-0.15, -0.1) is 0 Å². The summed E-state index contributed by atoms with van der Waals surface area (Å²) in [5.41, 5.74) is 7.39. The van der Waals surface area contributed by atoms with Crippen LogP contribution in [0.2, 0.25) is 0 Å². The molecule has 3 saturated heterocycles. The summed E-state index contributed by atoms with van der Waals surface area (Å²) in [4.78, 5) is 32.7. The average Bonchev–Trinajstić information content (AvgIpc) is 3.19. The van der Waals surface area contributed by atoms with E-state index < -0.39 is 6.04 Å². The fraction of sp³-hybridized carbons (Fsp3) is 0.667. The first-order valence-electron chi connectivity index (χ1n) is 13.3. The van der Waals surface area contributed by atoms with Gasteiger partial charge in [0.15, 0.2) is 0 Å². The Kier molecular flexibility index (Phi) is 5.81. The first-order valence-corrected chi connectivity index (χ1v) is 13.3. The minimum atomic E-state index is -0.725. The molecule has 0 radical (unpaired) electrons. The van der Waals surface area contributed by atoms with Gasteiger partial charge in [-0.2, -0.15) is 5.26 Å². The van der Waals surface area contributed by atoms with E-state index in [2.05, 4.69) is 15.9 Å². The summed E-state index contributed by atoms with van der Waals surface area (Å²) in [5.74, 6) is 0.542. The van der Waals surface area contributed by atoms with E-state index in [9.17, 15) is 19.2 Å². The molecule has 0 aromatic heterocycles. The fourth-order valence-electron chi connectivity index (χ4n) is 7.44. The van der Waals surface area contributed by atoms with Crippen LogP contribution in [-0.4, -0.2) is 69.8 Å². The van der Waals surface area contributed by atoms with Crippen LogP contribution in [0.15, 0.2) is 24.3 Å². The maximum Gasteiger partial charge on any atom is 0.242 e. The number of nitrogens with zero attached hydrogens (tertiary/aromatic N) is 4. The van der Waals surface area contributed by atoms with Crippen molar-refractivity contribution in [3.8, 4) is 6.07 Å². The third-order valence-electron chi connectivity index (χ3n) is 9.18. The second-order valence-electron chi connectivity index (χ2n) is 11.3. The summed E-state index contributed by atoms with van der Waals surface area (Å²) in [5, 5.41) is 9.44. The van der Waals surface area contributed by atoms with Gasteiger partial charge in [0.25, 0.3) is 0 Å². The summed E-state index contributed by atoms with van der Waals surface area (Å²) in [7, 11) is 0. The van der Waals surface area contributed by atoms with E-state index >= 15 is 0 Å². The maximum absolute atomic E-state index is 13.7. The Labute approximate surface area is 206 Å². The topological polar surface area (TPSA) is 93.7 Å². The van der Waals surface area contributed by atoms with Crippen molar-refractivity contribution in [1.29, 1.82) is 5.26 Å². The van der Waals surface area contributed by atoms with Gasteiger partial charge in [-0.05, 0) is 61.6 Å². The summed E-state index contributed by atoms with van der Waals surface area (Å²) < 4.78 is 13.7. The maximum atomic E-state index is 13.7. The van der Waals surface area contributed by atoms with E-state index in [1.807, 2.05) is 12.1 Å². The Morgan fingerprint density at radius 2 is 1.89 bits per heavy atom. The van der Waals surface area contributed by atoms with Crippen molar-refractivity contribution in [2.75, 3.05) is 13.1 Å². The van der Waals surface area contributed by atoms with Crippen molar-refractivity contribution >= 4 is 11.8 Å². The Morgan fingerprint density at radius 1 is 1.14 bits per heavy atom. The zero-order valence-electron chi connectivity index (χ0n) is 20.1. The predicted octanol–water partition coefficient (Wildman–Crippen LogP) is 2.57. The second kappa shape index (κ2) is 8.86. The highest BCUT2D eigenvalue weighted by molar-refractivity contribution is 5.87. The molecule has 2 amide bonds. The normalized spacial score (nSPS) is 34.1. The van der Waals surface area contributed by atoms with Crippen LogP contribution in [0.4, 0.5) is 4.39 Å². The third kappa shape index (κ3) is 3.93. The highest BCUT2D eigenvalue weighted by atomic mass is 19.1. The minimum Gasteiger partial charge on any atom is -0.330 e. The molecule has 2 saturated carbocycles. The number of nitrogens with two attached hydrogens (primary N) is 1. The number of likely N-dealkylation sites (tertiary alicyclic amines) is 3. The van der Waals surface area contributed by atoms with Gasteiger partial charge < -0.3 is 15.5 Å². The highest BCUT2D eigenvalue weighted by Crippen LogP contribution is 2.48. The second-order valence-corrected chi connectivity index (χ2v) is 11.3. The zero-order chi connectivity index (χ0) is 24.3. The number of carbonyl (C=O) groups excluding carboxylic acids is 2. The molecule has 5 fully saturated rings. The molecule has 5 aliphatic rings. The summed E-state index contributed by atoms with van der Waals surface area (Å²) in [6, 6.07) is 7.82. The monoisotopic (exact) mass is 479 g/mol. The summed E-state index contributed by atoms with van der Waals surface area (Å²) >= 11 is 0. The molecule has 1 aromatic carbocycles. The molecule has 35 heavy (non-hydrogen) atoms. The summed E-state index contributed by atoms with van der Waals surface area (Å²) in [6.45, 7) is 1.05. The van der Waals surface area contributed by atoms with E-state index in [1.165, 1.54) is 31.4 Å². The molecule has 8 heteroatoms. The van der Waals surface area contributed by atoms with Crippen LogP contribution in [0.3, 0.4) is 0 Å². The van der Waals surface area contributed by atoms with Gasteiger partial charge in [-0.3, -0.25) is 14.5 Å². The van der Waals surface area contributed by atoms with Gasteiger partial charge in [0.05, 0.1) is 24.2 Å². The van der Waals surface area contributed by atoms with Crippen LogP contribution < -0.4 is 5.73 Å². The van der Waals surface area contributed by atoms with Gasteiger partial charge in [0.1, 0.15) is 11.9 Å². The quantitative estimate of drug-likeness (QED) is 0.677. The SMILES string of the molecule is N#C[C@@H]1CC2C[C@@H]2N1C(=O)[C@@H](N)CN1C[C@H]2C[C@@H]1C(=O)N2[C@@H](c1ccc(F)cc1)C1CCCCC1. The van der Waals surface area contributed by atoms with E-state index in [0.29, 0.717) is 24.9 Å². The third-order valence-corrected chi connectivity index (χ3v) is 9.18. The zero-order valence-corrected chi connectivity index (χ0v) is 20.1. The van der Waals surface area contributed by atoms with Gasteiger partial charge in [-0.1, -0.05) is 31.4 Å². The number of hydrogen-bond donors (Lipinski definition) is 1. The first kappa shape index (κ1) is 22.9. The molecule has 1 aromatic rings. The number of hydrogen-bond acceptors (Lipinski definition) is 5. The Balaban J connectivity index is 1.16. The molecule has 7 atom stereocenters. The van der Waals surface area contributed by atoms with Crippen molar-refractivity contribution in [1.82, 2.24) is 14.7 Å². The fourth-order valence-corrected chi connectivity index (χ4v) is 7.44. The molecule has 3 aliphatic heterocycles. The molecule has 6 rings (SSSR count). The molecule has 3 heterocycles. The van der Waals surface area contributed by atoms with Crippen molar-refractivity contribution in [2.45, 2.75) is 87.6 Å². The van der Waals surface area contributed by atoms with E-state index in [-0.39, 0.29) is 47.8 Å². The number of halogens is 1. The van der Waals surface area contributed by atoms with Gasteiger partial charge >= 0.3 is 0 Å². The minimum absolute atomic E-state index is 0.0244. The molecule has 1 unspecified atom stereocenters. The van der Waals surface area contributed by atoms with Gasteiger partial charge in [-0.25, -0.2) is 4.39 Å². The summed E-state index contributed by atoms with van der Waals surface area (Å²) in [6.07, 6.45) is 8.23. The Hall–Kier alpha value is -2.50. The molecule has 2 N–H and O–H groups in total. The van der Waals surface area contributed by atoms with Gasteiger partial charge in [0, 0.05) is 25.2 Å². The lowest BCUT2D eigenvalue weighted by atomic mass is 9.80. The standard InChI is InChI=1S/C27H34FN5O2/c28-19-8-6-17(7-9-19)25(16-4-2-1-3-5-16)33-21-12-24(27(33)35)31(14-21)15-22(30)26(34)32-20(13-29)10-18-11-23(18)32/h6-9,16,18,20-25H,1-5,10-12,14-15,30H2/t18?,20-,21+,22-,23-,24+,25+/m0/s1. The van der Waals surface area contributed by atoms with Crippen molar-refractivity contribution < 1.29 is 14.0 Å². The van der Waals surface area contributed by atoms with Crippen molar-refractivity contribution in [3.63, 3.8) is 0 Å². The van der Waals surface area contributed by atoms with Crippen molar-refractivity contribution in [3.05, 3.63) is 35.6 Å². The number of rotatable bonds is 6. The number of piperazine rings is 1. The molecule has 0 spiro atoms. The number of benzene rings is 1. The number of fused-ring (bicyclic) bond motifs is 3. The van der Waals surface area contributed by atoms with E-state index in [1.54, 1.807) is 4.90 Å². The number of piperidine rings is 1. The molecule has 186 valence electrons. The van der Waals surface area contributed by atoms with Gasteiger partial charge in [0.2, 0.25) is 11.8 Å². The average molecular weight is 480 g/mol. The lowest BCUT2D eigenvalue weighted by Gasteiger charge is -2.43. The predicted molar refractivity (Wildman–Crippen MR) is 127 cm³/mol. The molecular weight excluding hydrogens is 445 g/mol. The number of carbonyl (C=O) groups is 2. The molecule has 2 aliphatic carbocycles. The smallest absolute Gasteiger partial charge is 0.242 e. The van der Waals surface area contributed by atoms with Crippen LogP contribution in [0.25, 0.3) is 0 Å². The number of nitriles is 1. The van der Waals surface area contributed by atoms with Crippen LogP contribution in [0.5, 0.6) is 0 Å². The lowest BCUT2D eigenvalue weighted by molar-refractivity contribution is -0.143. The molecule has 7 nitrogen and oxygen atoms in total. The van der Waals surface area contributed by atoms with Crippen LogP contribution >= 0.6 is 0 Å². The van der Waals surface area contributed by atoms with Crippen molar-refractivity contribution in [2.24, 2.45) is 17.6 Å². The largest absolute Gasteiger partial charge is 0.330 e. The Morgan fingerprint density at radius 3 is 2.57 bits per heavy atom. The van der Waals surface area contributed by atoms with E-state index in [4.69, 9.17) is 5.73 Å².